The fraction of sp³-hybridized carbons (Fsp3) is 0.0526. The highest BCUT2D eigenvalue weighted by Gasteiger charge is 2.21. The molecule has 4 rings (SSSR count). The zero-order valence-corrected chi connectivity index (χ0v) is 12.7. The van der Waals surface area contributed by atoms with Gasteiger partial charge in [-0.3, -0.25) is 0 Å². The Morgan fingerprint density at radius 1 is 0.955 bits per heavy atom. The van der Waals surface area contributed by atoms with Crippen LogP contribution in [0.3, 0.4) is 0 Å². The molecule has 1 aliphatic carbocycles. The molecule has 0 spiro atoms. The van der Waals surface area contributed by atoms with Crippen LogP contribution in [0.5, 0.6) is 0 Å². The van der Waals surface area contributed by atoms with Gasteiger partial charge >= 0.3 is 0 Å². The molecule has 1 saturated carbocycles. The Hall–Kier alpha value is -1.80. The van der Waals surface area contributed by atoms with Crippen LogP contribution in [-0.4, -0.2) is 9.55 Å². The molecule has 107 valence electrons. The highest BCUT2D eigenvalue weighted by Crippen LogP contribution is 2.31. The minimum atomic E-state index is 0.726. The maximum Gasteiger partial charge on any atom is 0.141 e. The molecule has 0 aliphatic heterocycles. The monoisotopic (exact) mass is 305 g/mol. The van der Waals surface area contributed by atoms with Gasteiger partial charge in [-0.05, 0) is 49.9 Å². The summed E-state index contributed by atoms with van der Waals surface area (Å²) in [5, 5.41) is 0.726. The van der Waals surface area contributed by atoms with E-state index in [-0.39, 0.29) is 0 Å². The van der Waals surface area contributed by atoms with Crippen LogP contribution in [0.25, 0.3) is 22.4 Å². The van der Waals surface area contributed by atoms with E-state index in [1.54, 1.807) is 0 Å². The standard InChI is InChI=1S/C19H14ClN2/c20-16-9-5-8-15(12-16)19-21-17-10-3-4-11-18(17)22(19)13-14-6-1-2-7-14/h1-12H,13H2. The lowest BCUT2D eigenvalue weighted by Crippen LogP contribution is -2.08. The van der Waals surface area contributed by atoms with Crippen molar-refractivity contribution in [2.24, 2.45) is 0 Å². The first-order chi connectivity index (χ1) is 10.8. The van der Waals surface area contributed by atoms with Crippen LogP contribution in [0.1, 0.15) is 0 Å². The molecule has 1 heterocycles. The third-order valence-corrected chi connectivity index (χ3v) is 4.04. The van der Waals surface area contributed by atoms with E-state index >= 15 is 0 Å². The van der Waals surface area contributed by atoms with Gasteiger partial charge in [0, 0.05) is 23.0 Å². The molecular weight excluding hydrogens is 292 g/mol. The number of imidazole rings is 1. The van der Waals surface area contributed by atoms with E-state index in [9.17, 15) is 0 Å². The smallest absolute Gasteiger partial charge is 0.141 e. The Kier molecular flexibility index (Phi) is 3.63. The molecular formula is C19H14ClN2. The number of hydrogen-bond donors (Lipinski definition) is 0. The number of aromatic nitrogens is 2. The van der Waals surface area contributed by atoms with Crippen molar-refractivity contribution in [3.05, 3.63) is 85.2 Å². The molecule has 0 unspecified atom stereocenters. The fourth-order valence-electron chi connectivity index (χ4n) is 2.79. The van der Waals surface area contributed by atoms with E-state index in [4.69, 9.17) is 16.6 Å². The van der Waals surface area contributed by atoms with Crippen LogP contribution in [0.2, 0.25) is 5.02 Å². The molecule has 5 radical (unpaired) electrons. The summed E-state index contributed by atoms with van der Waals surface area (Å²) in [6.45, 7) is 0.801. The topological polar surface area (TPSA) is 17.8 Å². The number of halogens is 1. The lowest BCUT2D eigenvalue weighted by molar-refractivity contribution is 0.773. The maximum absolute atomic E-state index is 6.15. The number of nitrogens with zero attached hydrogens (tertiary/aromatic N) is 2. The molecule has 0 atom stereocenters. The maximum atomic E-state index is 6.15. The zero-order chi connectivity index (χ0) is 14.9. The second kappa shape index (κ2) is 5.77. The molecule has 0 amide bonds. The number of hydrogen-bond acceptors (Lipinski definition) is 1. The normalized spacial score (nSPS) is 15.7. The Bertz CT molecular complexity index is 800. The van der Waals surface area contributed by atoms with Crippen LogP contribution in [-0.2, 0) is 6.54 Å². The molecule has 1 aliphatic rings. The van der Waals surface area contributed by atoms with E-state index < -0.39 is 0 Å². The van der Waals surface area contributed by atoms with Crippen LogP contribution in [0.15, 0.2) is 48.5 Å². The van der Waals surface area contributed by atoms with Crippen LogP contribution in [0, 0.1) is 31.6 Å². The summed E-state index contributed by atoms with van der Waals surface area (Å²) in [5.41, 5.74) is 3.18. The van der Waals surface area contributed by atoms with Crippen molar-refractivity contribution in [3.63, 3.8) is 0 Å². The van der Waals surface area contributed by atoms with Gasteiger partial charge in [-0.1, -0.05) is 35.9 Å². The first-order valence-corrected chi connectivity index (χ1v) is 7.61. The zero-order valence-electron chi connectivity index (χ0n) is 11.9. The lowest BCUT2D eigenvalue weighted by atomic mass is 10.1. The van der Waals surface area contributed by atoms with Gasteiger partial charge in [0.05, 0.1) is 11.0 Å². The second-order valence-electron chi connectivity index (χ2n) is 5.31. The molecule has 0 bridgehead atoms. The van der Waals surface area contributed by atoms with Crippen molar-refractivity contribution in [3.8, 4) is 11.4 Å². The summed E-state index contributed by atoms with van der Waals surface area (Å²) in [6, 6.07) is 16.1. The minimum Gasteiger partial charge on any atom is -0.323 e. The summed E-state index contributed by atoms with van der Waals surface area (Å²) in [6.07, 6.45) is 8.40. The second-order valence-corrected chi connectivity index (χ2v) is 5.75. The molecule has 0 saturated heterocycles. The molecule has 3 aromatic rings. The Labute approximate surface area is 135 Å². The Balaban J connectivity index is 1.85. The van der Waals surface area contributed by atoms with Crippen molar-refractivity contribution >= 4 is 22.6 Å². The van der Waals surface area contributed by atoms with E-state index in [1.165, 1.54) is 5.92 Å². The van der Waals surface area contributed by atoms with Crippen LogP contribution in [0.4, 0.5) is 0 Å². The lowest BCUT2D eigenvalue weighted by Gasteiger charge is -2.13. The molecule has 2 aromatic carbocycles. The SMILES string of the molecule is Clc1cccc(-c2nc3ccccc3n2C[C]2[CH][CH][CH][CH]2)c1. The quantitative estimate of drug-likeness (QED) is 0.682. The Morgan fingerprint density at radius 2 is 1.77 bits per heavy atom. The van der Waals surface area contributed by atoms with Crippen LogP contribution >= 0.6 is 11.6 Å². The fourth-order valence-corrected chi connectivity index (χ4v) is 2.98. The number of para-hydroxylation sites is 2. The van der Waals surface area contributed by atoms with Gasteiger partial charge in [-0.15, -0.1) is 0 Å². The van der Waals surface area contributed by atoms with E-state index in [0.29, 0.717) is 0 Å². The summed E-state index contributed by atoms with van der Waals surface area (Å²) in [5.74, 6) is 2.22. The van der Waals surface area contributed by atoms with Crippen molar-refractivity contribution in [2.75, 3.05) is 0 Å². The van der Waals surface area contributed by atoms with E-state index in [0.717, 1.165) is 34.0 Å². The number of rotatable bonds is 3. The highest BCUT2D eigenvalue weighted by atomic mass is 35.5. The molecule has 1 aromatic heterocycles. The Morgan fingerprint density at radius 3 is 2.59 bits per heavy atom. The first kappa shape index (κ1) is 13.8. The van der Waals surface area contributed by atoms with E-state index in [2.05, 4.69) is 42.4 Å². The first-order valence-electron chi connectivity index (χ1n) is 7.23. The predicted molar refractivity (Wildman–Crippen MR) is 90.6 cm³/mol. The third-order valence-electron chi connectivity index (χ3n) is 3.81. The van der Waals surface area contributed by atoms with Crippen molar-refractivity contribution in [1.82, 2.24) is 9.55 Å². The van der Waals surface area contributed by atoms with Gasteiger partial charge in [0.2, 0.25) is 0 Å². The highest BCUT2D eigenvalue weighted by molar-refractivity contribution is 6.30. The summed E-state index contributed by atoms with van der Waals surface area (Å²) < 4.78 is 2.25. The molecule has 3 heteroatoms. The number of fused-ring (bicyclic) bond motifs is 1. The minimum absolute atomic E-state index is 0.726. The molecule has 2 nitrogen and oxygen atoms in total. The summed E-state index contributed by atoms with van der Waals surface area (Å²) in [4.78, 5) is 4.81. The largest absolute Gasteiger partial charge is 0.323 e. The van der Waals surface area contributed by atoms with Crippen molar-refractivity contribution < 1.29 is 0 Å². The summed E-state index contributed by atoms with van der Waals surface area (Å²) in [7, 11) is 0. The molecule has 1 fully saturated rings. The molecule has 22 heavy (non-hydrogen) atoms. The van der Waals surface area contributed by atoms with E-state index in [1.807, 2.05) is 36.4 Å². The predicted octanol–water partition coefficient (Wildman–Crippen LogP) is 4.76. The third kappa shape index (κ3) is 2.52. The van der Waals surface area contributed by atoms with Crippen molar-refractivity contribution in [2.45, 2.75) is 6.54 Å². The average Bonchev–Trinajstić information content (AvgIpc) is 3.16. The van der Waals surface area contributed by atoms with Gasteiger partial charge in [-0.2, -0.15) is 0 Å². The van der Waals surface area contributed by atoms with Gasteiger partial charge in [0.25, 0.3) is 0 Å². The molecule has 0 N–H and O–H groups in total. The summed E-state index contributed by atoms with van der Waals surface area (Å²) >= 11 is 6.15. The van der Waals surface area contributed by atoms with Gasteiger partial charge in [0.1, 0.15) is 5.82 Å². The average molecular weight is 306 g/mol. The van der Waals surface area contributed by atoms with Crippen LogP contribution < -0.4 is 0 Å². The van der Waals surface area contributed by atoms with Gasteiger partial charge < -0.3 is 4.57 Å². The number of benzene rings is 2. The van der Waals surface area contributed by atoms with Gasteiger partial charge in [-0.25, -0.2) is 4.98 Å². The van der Waals surface area contributed by atoms with Crippen molar-refractivity contribution in [1.29, 1.82) is 0 Å². The van der Waals surface area contributed by atoms with Gasteiger partial charge in [0.15, 0.2) is 0 Å².